The Kier molecular flexibility index (Phi) is 5.40. The first-order valence-electron chi connectivity index (χ1n) is 9.01. The molecule has 2 heterocycles. The molecular formula is C22H16ClFN2O3S. The summed E-state index contributed by atoms with van der Waals surface area (Å²) in [4.78, 5) is 30.8. The van der Waals surface area contributed by atoms with E-state index in [0.717, 1.165) is 5.56 Å². The van der Waals surface area contributed by atoms with Crippen LogP contribution in [0.1, 0.15) is 24.1 Å². The summed E-state index contributed by atoms with van der Waals surface area (Å²) in [6, 6.07) is 12.0. The Bertz CT molecular complexity index is 1340. The first-order chi connectivity index (χ1) is 14.4. The van der Waals surface area contributed by atoms with Gasteiger partial charge in [-0.1, -0.05) is 47.2 Å². The number of nitrogens with zero attached hydrogens (tertiary/aromatic N) is 2. The molecule has 1 atom stereocenters. The summed E-state index contributed by atoms with van der Waals surface area (Å²) in [5, 5.41) is 0.600. The molecule has 0 saturated carbocycles. The first-order valence-corrected chi connectivity index (χ1v) is 10.2. The molecule has 2 aromatic carbocycles. The number of halogens is 2. The van der Waals surface area contributed by atoms with Crippen molar-refractivity contribution in [2.45, 2.75) is 13.0 Å². The number of methoxy groups -OCH3 is 1. The fourth-order valence-corrected chi connectivity index (χ4v) is 4.54. The largest absolute Gasteiger partial charge is 0.466 e. The van der Waals surface area contributed by atoms with Crippen LogP contribution in [0.25, 0.3) is 6.08 Å². The topological polar surface area (TPSA) is 60.7 Å². The Hall–Kier alpha value is -3.03. The molecule has 1 aromatic heterocycles. The SMILES string of the molecule is COC(=O)C1=C(C)N=c2s/c(=C/c3ccc(Cl)cc3)c(=O)n2[C@@H]1c1ccc(F)cc1. The van der Waals surface area contributed by atoms with E-state index in [1.807, 2.05) is 12.1 Å². The van der Waals surface area contributed by atoms with Crippen LogP contribution in [-0.4, -0.2) is 17.6 Å². The van der Waals surface area contributed by atoms with E-state index in [4.69, 9.17) is 16.3 Å². The highest BCUT2D eigenvalue weighted by molar-refractivity contribution is 7.07. The number of carbonyl (C=O) groups excluding carboxylic acids is 1. The van der Waals surface area contributed by atoms with Gasteiger partial charge in [-0.05, 0) is 48.4 Å². The second kappa shape index (κ2) is 8.01. The number of hydrogen-bond donors (Lipinski definition) is 0. The van der Waals surface area contributed by atoms with E-state index in [-0.39, 0.29) is 11.1 Å². The Labute approximate surface area is 180 Å². The molecule has 0 amide bonds. The van der Waals surface area contributed by atoms with Crippen LogP contribution >= 0.6 is 22.9 Å². The quantitative estimate of drug-likeness (QED) is 0.585. The maximum Gasteiger partial charge on any atom is 0.338 e. The summed E-state index contributed by atoms with van der Waals surface area (Å²) < 4.78 is 20.4. The number of ether oxygens (including phenoxy) is 1. The smallest absolute Gasteiger partial charge is 0.338 e. The monoisotopic (exact) mass is 442 g/mol. The lowest BCUT2D eigenvalue weighted by Crippen LogP contribution is -2.39. The third-order valence-electron chi connectivity index (χ3n) is 4.78. The molecule has 0 fully saturated rings. The zero-order valence-electron chi connectivity index (χ0n) is 16.1. The minimum absolute atomic E-state index is 0.245. The van der Waals surface area contributed by atoms with Gasteiger partial charge in [0.05, 0.1) is 29.0 Å². The van der Waals surface area contributed by atoms with E-state index in [2.05, 4.69) is 4.99 Å². The number of aromatic nitrogens is 1. The lowest BCUT2D eigenvalue weighted by atomic mass is 9.96. The Balaban J connectivity index is 1.96. The van der Waals surface area contributed by atoms with Gasteiger partial charge >= 0.3 is 5.97 Å². The van der Waals surface area contributed by atoms with Crippen LogP contribution in [0.4, 0.5) is 4.39 Å². The van der Waals surface area contributed by atoms with Crippen LogP contribution in [0.5, 0.6) is 0 Å². The van der Waals surface area contributed by atoms with Gasteiger partial charge in [0.25, 0.3) is 5.56 Å². The predicted molar refractivity (Wildman–Crippen MR) is 114 cm³/mol. The number of benzene rings is 2. The van der Waals surface area contributed by atoms with Crippen molar-refractivity contribution in [1.29, 1.82) is 0 Å². The molecule has 4 rings (SSSR count). The number of esters is 1. The Morgan fingerprint density at radius 3 is 2.50 bits per heavy atom. The van der Waals surface area contributed by atoms with E-state index in [1.54, 1.807) is 37.3 Å². The molecule has 0 saturated heterocycles. The molecule has 152 valence electrons. The van der Waals surface area contributed by atoms with Crippen LogP contribution in [0.3, 0.4) is 0 Å². The highest BCUT2D eigenvalue weighted by atomic mass is 35.5. The van der Waals surface area contributed by atoms with E-state index >= 15 is 0 Å². The molecule has 1 aliphatic heterocycles. The average molecular weight is 443 g/mol. The maximum absolute atomic E-state index is 13.5. The van der Waals surface area contributed by atoms with Crippen molar-refractivity contribution in [1.82, 2.24) is 4.57 Å². The van der Waals surface area contributed by atoms with Gasteiger partial charge in [0, 0.05) is 5.02 Å². The fraction of sp³-hybridized carbons (Fsp3) is 0.136. The van der Waals surface area contributed by atoms with Crippen molar-refractivity contribution < 1.29 is 13.9 Å². The molecule has 8 heteroatoms. The Morgan fingerprint density at radius 2 is 1.87 bits per heavy atom. The van der Waals surface area contributed by atoms with Crippen molar-refractivity contribution in [3.05, 3.63) is 101 Å². The zero-order chi connectivity index (χ0) is 21.4. The Morgan fingerprint density at radius 1 is 1.20 bits per heavy atom. The zero-order valence-corrected chi connectivity index (χ0v) is 17.6. The highest BCUT2D eigenvalue weighted by Crippen LogP contribution is 2.30. The molecule has 0 N–H and O–H groups in total. The second-order valence-corrected chi connectivity index (χ2v) is 8.12. The minimum Gasteiger partial charge on any atom is -0.466 e. The van der Waals surface area contributed by atoms with Gasteiger partial charge in [-0.3, -0.25) is 9.36 Å². The summed E-state index contributed by atoms with van der Waals surface area (Å²) >= 11 is 7.16. The number of thiazole rings is 1. The van der Waals surface area contributed by atoms with Gasteiger partial charge in [0.2, 0.25) is 0 Å². The number of rotatable bonds is 3. The normalized spacial score (nSPS) is 16.3. The van der Waals surface area contributed by atoms with Crippen LogP contribution in [0.2, 0.25) is 5.02 Å². The van der Waals surface area contributed by atoms with E-state index < -0.39 is 17.8 Å². The molecule has 3 aromatic rings. The van der Waals surface area contributed by atoms with E-state index in [0.29, 0.717) is 25.6 Å². The minimum atomic E-state index is -0.762. The molecule has 30 heavy (non-hydrogen) atoms. The van der Waals surface area contributed by atoms with E-state index in [1.165, 1.54) is 35.1 Å². The van der Waals surface area contributed by atoms with Crippen molar-refractivity contribution in [2.24, 2.45) is 4.99 Å². The number of hydrogen-bond acceptors (Lipinski definition) is 5. The molecule has 0 aliphatic carbocycles. The van der Waals surface area contributed by atoms with Gasteiger partial charge in [0.1, 0.15) is 5.82 Å². The third kappa shape index (κ3) is 3.62. The molecule has 0 bridgehead atoms. The summed E-state index contributed by atoms with van der Waals surface area (Å²) in [7, 11) is 1.27. The predicted octanol–water partition coefficient (Wildman–Crippen LogP) is 3.20. The lowest BCUT2D eigenvalue weighted by molar-refractivity contribution is -0.136. The van der Waals surface area contributed by atoms with E-state index in [9.17, 15) is 14.0 Å². The van der Waals surface area contributed by atoms with Gasteiger partial charge in [0.15, 0.2) is 4.80 Å². The van der Waals surface area contributed by atoms with Gasteiger partial charge < -0.3 is 4.74 Å². The lowest BCUT2D eigenvalue weighted by Gasteiger charge is -2.24. The number of carbonyl (C=O) groups is 1. The summed E-state index contributed by atoms with van der Waals surface area (Å²) in [5.41, 5.74) is 1.80. The van der Waals surface area contributed by atoms with Crippen molar-refractivity contribution >= 4 is 35.0 Å². The third-order valence-corrected chi connectivity index (χ3v) is 6.02. The fourth-order valence-electron chi connectivity index (χ4n) is 3.36. The van der Waals surface area contributed by atoms with Crippen LogP contribution in [0.15, 0.2) is 69.6 Å². The van der Waals surface area contributed by atoms with Gasteiger partial charge in [-0.25, -0.2) is 14.2 Å². The first kappa shape index (κ1) is 20.3. The van der Waals surface area contributed by atoms with Crippen molar-refractivity contribution in [2.75, 3.05) is 7.11 Å². The molecule has 5 nitrogen and oxygen atoms in total. The van der Waals surface area contributed by atoms with Crippen molar-refractivity contribution in [3.8, 4) is 0 Å². The number of allylic oxidation sites excluding steroid dienone is 1. The average Bonchev–Trinajstić information content (AvgIpc) is 3.03. The summed E-state index contributed by atoms with van der Waals surface area (Å²) in [6.45, 7) is 1.69. The van der Waals surface area contributed by atoms with Crippen LogP contribution in [0, 0.1) is 5.82 Å². The molecule has 1 aliphatic rings. The second-order valence-electron chi connectivity index (χ2n) is 6.68. The van der Waals surface area contributed by atoms with Gasteiger partial charge in [-0.15, -0.1) is 0 Å². The van der Waals surface area contributed by atoms with Crippen molar-refractivity contribution in [3.63, 3.8) is 0 Å². The maximum atomic E-state index is 13.5. The molecule has 0 unspecified atom stereocenters. The molecular weight excluding hydrogens is 427 g/mol. The summed E-state index contributed by atoms with van der Waals surface area (Å²) in [5.74, 6) is -0.994. The number of fused-ring (bicyclic) bond motifs is 1. The standard InChI is InChI=1S/C22H16ClFN2O3S/c1-12-18(21(28)29-2)19(14-5-9-16(24)10-6-14)26-20(27)17(30-22(26)25-12)11-13-3-7-15(23)8-4-13/h3-11,19H,1-2H3/b17-11+/t19-/m1/s1. The van der Waals surface area contributed by atoms with Crippen LogP contribution in [-0.2, 0) is 9.53 Å². The van der Waals surface area contributed by atoms with Crippen LogP contribution < -0.4 is 14.9 Å². The summed E-state index contributed by atoms with van der Waals surface area (Å²) in [6.07, 6.45) is 1.75. The molecule has 0 spiro atoms. The highest BCUT2D eigenvalue weighted by Gasteiger charge is 2.33. The van der Waals surface area contributed by atoms with Gasteiger partial charge in [-0.2, -0.15) is 0 Å². The molecule has 0 radical (unpaired) electrons.